The SMILES string of the molecule is O=C(O)C1=CC2=C(CCC(Cl)=C2)Sc2ccccc21. The first-order valence-corrected chi connectivity index (χ1v) is 7.16. The third kappa shape index (κ3) is 2.36. The number of halogens is 1. The highest BCUT2D eigenvalue weighted by Crippen LogP contribution is 2.43. The number of carboxylic acids is 1. The van der Waals surface area contributed by atoms with Gasteiger partial charge in [-0.2, -0.15) is 0 Å². The standard InChI is InChI=1S/C15H11ClO2S/c16-10-5-6-13-9(7-10)8-12(15(17)18)11-3-1-2-4-14(11)19-13/h1-4,7-8H,5-6H2,(H,17,18). The molecule has 0 spiro atoms. The number of fused-ring (bicyclic) bond motifs is 1. The summed E-state index contributed by atoms with van der Waals surface area (Å²) in [7, 11) is 0. The van der Waals surface area contributed by atoms with Crippen molar-refractivity contribution in [3.05, 3.63) is 57.5 Å². The van der Waals surface area contributed by atoms with Gasteiger partial charge in [-0.15, -0.1) is 0 Å². The van der Waals surface area contributed by atoms with Gasteiger partial charge in [-0.25, -0.2) is 4.79 Å². The van der Waals surface area contributed by atoms with Crippen molar-refractivity contribution in [2.45, 2.75) is 17.7 Å². The Bertz CT molecular complexity index is 656. The largest absolute Gasteiger partial charge is 0.478 e. The molecule has 0 amide bonds. The summed E-state index contributed by atoms with van der Waals surface area (Å²) in [6, 6.07) is 7.62. The first-order valence-electron chi connectivity index (χ1n) is 5.96. The van der Waals surface area contributed by atoms with Crippen LogP contribution < -0.4 is 0 Å². The van der Waals surface area contributed by atoms with Crippen LogP contribution in [0.2, 0.25) is 0 Å². The van der Waals surface area contributed by atoms with E-state index in [1.165, 1.54) is 4.91 Å². The summed E-state index contributed by atoms with van der Waals surface area (Å²) >= 11 is 7.72. The molecule has 1 heterocycles. The summed E-state index contributed by atoms with van der Waals surface area (Å²) in [5, 5.41) is 10.2. The van der Waals surface area contributed by atoms with Crippen molar-refractivity contribution < 1.29 is 9.90 Å². The van der Waals surface area contributed by atoms with Gasteiger partial charge >= 0.3 is 5.97 Å². The first-order chi connectivity index (χ1) is 9.15. The maximum Gasteiger partial charge on any atom is 0.336 e. The van der Waals surface area contributed by atoms with Gasteiger partial charge < -0.3 is 5.11 Å². The molecule has 1 aliphatic carbocycles. The third-order valence-electron chi connectivity index (χ3n) is 3.17. The Morgan fingerprint density at radius 3 is 2.79 bits per heavy atom. The summed E-state index contributed by atoms with van der Waals surface area (Å²) in [6.07, 6.45) is 5.30. The van der Waals surface area contributed by atoms with E-state index in [9.17, 15) is 9.90 Å². The van der Waals surface area contributed by atoms with E-state index in [-0.39, 0.29) is 0 Å². The van der Waals surface area contributed by atoms with E-state index < -0.39 is 5.97 Å². The molecule has 0 unspecified atom stereocenters. The Labute approximate surface area is 120 Å². The van der Waals surface area contributed by atoms with Crippen LogP contribution in [0.15, 0.2) is 56.8 Å². The molecule has 19 heavy (non-hydrogen) atoms. The lowest BCUT2D eigenvalue weighted by Gasteiger charge is -2.13. The van der Waals surface area contributed by atoms with Crippen LogP contribution in [0.4, 0.5) is 0 Å². The quantitative estimate of drug-likeness (QED) is 0.831. The van der Waals surface area contributed by atoms with Gasteiger partial charge in [0.2, 0.25) is 0 Å². The second kappa shape index (κ2) is 4.91. The summed E-state index contributed by atoms with van der Waals surface area (Å²) in [4.78, 5) is 13.7. The van der Waals surface area contributed by atoms with Crippen molar-refractivity contribution in [2.24, 2.45) is 0 Å². The van der Waals surface area contributed by atoms with Gasteiger partial charge in [-0.05, 0) is 41.5 Å². The lowest BCUT2D eigenvalue weighted by atomic mass is 10.00. The Kier molecular flexibility index (Phi) is 3.25. The zero-order valence-electron chi connectivity index (χ0n) is 10.0. The second-order valence-electron chi connectivity index (χ2n) is 4.43. The molecule has 0 bridgehead atoms. The predicted octanol–water partition coefficient (Wildman–Crippen LogP) is 4.43. The minimum absolute atomic E-state index is 0.329. The van der Waals surface area contributed by atoms with Crippen LogP contribution in [-0.2, 0) is 4.79 Å². The van der Waals surface area contributed by atoms with E-state index in [4.69, 9.17) is 11.6 Å². The van der Waals surface area contributed by atoms with Gasteiger partial charge in [0, 0.05) is 15.5 Å². The van der Waals surface area contributed by atoms with Crippen molar-refractivity contribution in [1.29, 1.82) is 0 Å². The number of allylic oxidation sites excluding steroid dienone is 5. The van der Waals surface area contributed by atoms with Crippen LogP contribution in [0, 0.1) is 0 Å². The normalized spacial score (nSPS) is 17.9. The summed E-state index contributed by atoms with van der Waals surface area (Å²) in [5.41, 5.74) is 2.03. The highest BCUT2D eigenvalue weighted by atomic mass is 35.5. The molecule has 0 saturated carbocycles. The topological polar surface area (TPSA) is 37.3 Å². The Morgan fingerprint density at radius 1 is 1.21 bits per heavy atom. The van der Waals surface area contributed by atoms with Gasteiger partial charge in [0.05, 0.1) is 5.57 Å². The number of hydrogen-bond acceptors (Lipinski definition) is 2. The van der Waals surface area contributed by atoms with Gasteiger partial charge in [-0.1, -0.05) is 41.6 Å². The van der Waals surface area contributed by atoms with Crippen LogP contribution >= 0.6 is 23.4 Å². The number of carbonyl (C=O) groups is 1. The molecule has 0 atom stereocenters. The predicted molar refractivity (Wildman–Crippen MR) is 78.1 cm³/mol. The lowest BCUT2D eigenvalue weighted by Crippen LogP contribution is -2.00. The van der Waals surface area contributed by atoms with Crippen LogP contribution in [0.3, 0.4) is 0 Å². The lowest BCUT2D eigenvalue weighted by molar-refractivity contribution is -0.130. The summed E-state index contributed by atoms with van der Waals surface area (Å²) in [5.74, 6) is -0.906. The molecule has 4 heteroatoms. The summed E-state index contributed by atoms with van der Waals surface area (Å²) < 4.78 is 0. The highest BCUT2D eigenvalue weighted by molar-refractivity contribution is 8.03. The molecule has 0 fully saturated rings. The Hall–Kier alpha value is -1.45. The van der Waals surface area contributed by atoms with Crippen molar-refractivity contribution in [2.75, 3.05) is 0 Å². The van der Waals surface area contributed by atoms with Crippen molar-refractivity contribution in [1.82, 2.24) is 0 Å². The average molecular weight is 291 g/mol. The molecule has 1 aromatic rings. The number of aliphatic carboxylic acids is 1. The number of hydrogen-bond donors (Lipinski definition) is 1. The molecular formula is C15H11ClO2S. The molecule has 2 aliphatic rings. The van der Waals surface area contributed by atoms with Crippen LogP contribution in [0.5, 0.6) is 0 Å². The van der Waals surface area contributed by atoms with Crippen LogP contribution in [-0.4, -0.2) is 11.1 Å². The van der Waals surface area contributed by atoms with E-state index in [0.29, 0.717) is 5.57 Å². The second-order valence-corrected chi connectivity index (χ2v) is 6.05. The number of thioether (sulfide) groups is 1. The maximum absolute atomic E-state index is 11.5. The minimum Gasteiger partial charge on any atom is -0.478 e. The molecule has 3 rings (SSSR count). The minimum atomic E-state index is -0.906. The van der Waals surface area contributed by atoms with E-state index in [0.717, 1.165) is 33.9 Å². The van der Waals surface area contributed by atoms with Gasteiger partial charge in [0.25, 0.3) is 0 Å². The fourth-order valence-electron chi connectivity index (χ4n) is 2.25. The molecule has 96 valence electrons. The van der Waals surface area contributed by atoms with Gasteiger partial charge in [-0.3, -0.25) is 0 Å². The van der Waals surface area contributed by atoms with E-state index in [1.54, 1.807) is 17.8 Å². The van der Waals surface area contributed by atoms with Crippen molar-refractivity contribution in [3.63, 3.8) is 0 Å². The summed E-state index contributed by atoms with van der Waals surface area (Å²) in [6.45, 7) is 0. The molecule has 1 N–H and O–H groups in total. The van der Waals surface area contributed by atoms with Crippen molar-refractivity contribution >= 4 is 34.9 Å². The third-order valence-corrected chi connectivity index (χ3v) is 4.73. The van der Waals surface area contributed by atoms with E-state index in [1.807, 2.05) is 30.3 Å². The number of rotatable bonds is 1. The molecule has 0 saturated heterocycles. The fraction of sp³-hybridized carbons (Fsp3) is 0.133. The Morgan fingerprint density at radius 2 is 2.00 bits per heavy atom. The molecule has 1 aromatic carbocycles. The molecule has 1 aliphatic heterocycles. The first kappa shape index (κ1) is 12.6. The smallest absolute Gasteiger partial charge is 0.336 e. The zero-order chi connectivity index (χ0) is 13.4. The molecule has 0 aromatic heterocycles. The van der Waals surface area contributed by atoms with Gasteiger partial charge in [0.1, 0.15) is 0 Å². The molecule has 0 radical (unpaired) electrons. The zero-order valence-corrected chi connectivity index (χ0v) is 11.6. The number of carboxylic acid groups (broad SMARTS) is 1. The fourth-order valence-corrected chi connectivity index (χ4v) is 3.60. The monoisotopic (exact) mass is 290 g/mol. The van der Waals surface area contributed by atoms with E-state index in [2.05, 4.69) is 0 Å². The average Bonchev–Trinajstić information content (AvgIpc) is 2.55. The molecule has 2 nitrogen and oxygen atoms in total. The Balaban J connectivity index is 2.21. The maximum atomic E-state index is 11.5. The number of benzene rings is 1. The van der Waals surface area contributed by atoms with Crippen LogP contribution in [0.25, 0.3) is 5.57 Å². The van der Waals surface area contributed by atoms with Crippen LogP contribution in [0.1, 0.15) is 18.4 Å². The van der Waals surface area contributed by atoms with Gasteiger partial charge in [0.15, 0.2) is 0 Å². The molecular weight excluding hydrogens is 280 g/mol. The highest BCUT2D eigenvalue weighted by Gasteiger charge is 2.22. The van der Waals surface area contributed by atoms with Crippen molar-refractivity contribution in [3.8, 4) is 0 Å². The van der Waals surface area contributed by atoms with E-state index >= 15 is 0 Å².